The summed E-state index contributed by atoms with van der Waals surface area (Å²) in [6, 6.07) is 6.88. The highest BCUT2D eigenvalue weighted by atomic mass is 16.3. The number of rotatable bonds is 6. The number of carbonyl (C=O) groups excluding carboxylic acids is 1. The van der Waals surface area contributed by atoms with Gasteiger partial charge >= 0.3 is 0 Å². The fourth-order valence-electron chi connectivity index (χ4n) is 5.20. The Hall–Kier alpha value is -1.35. The third kappa shape index (κ3) is 3.12. The van der Waals surface area contributed by atoms with Crippen molar-refractivity contribution in [2.24, 2.45) is 17.3 Å². The Labute approximate surface area is 151 Å². The van der Waals surface area contributed by atoms with Crippen LogP contribution in [0.1, 0.15) is 61.6 Å². The van der Waals surface area contributed by atoms with E-state index in [1.54, 1.807) is 11.1 Å². The van der Waals surface area contributed by atoms with Gasteiger partial charge in [0.25, 0.3) is 0 Å². The Morgan fingerprint density at radius 3 is 2.64 bits per heavy atom. The summed E-state index contributed by atoms with van der Waals surface area (Å²) in [5.41, 5.74) is 5.06. The van der Waals surface area contributed by atoms with Crippen LogP contribution < -0.4 is 0 Å². The molecule has 1 heterocycles. The number of aliphatic hydroxyl groups excluding tert-OH is 1. The highest BCUT2D eigenvalue weighted by molar-refractivity contribution is 5.80. The minimum absolute atomic E-state index is 0.0158. The predicted molar refractivity (Wildman–Crippen MR) is 99.5 cm³/mol. The zero-order valence-electron chi connectivity index (χ0n) is 15.6. The average Bonchev–Trinajstić information content (AvgIpc) is 3.35. The van der Waals surface area contributed by atoms with Crippen LogP contribution in [0.3, 0.4) is 0 Å². The maximum Gasteiger partial charge on any atom is 0.228 e. The second-order valence-electron chi connectivity index (χ2n) is 8.87. The lowest BCUT2D eigenvalue weighted by Crippen LogP contribution is -2.64. The molecular formula is C22H31NO2. The molecule has 1 N–H and O–H groups in total. The Bertz CT molecular complexity index is 646. The largest absolute Gasteiger partial charge is 0.396 e. The summed E-state index contributed by atoms with van der Waals surface area (Å²) in [4.78, 5) is 14.3. The van der Waals surface area contributed by atoms with Crippen molar-refractivity contribution in [2.45, 2.75) is 58.3 Å². The quantitative estimate of drug-likeness (QED) is 0.857. The second-order valence-corrected chi connectivity index (χ2v) is 8.87. The van der Waals surface area contributed by atoms with E-state index in [2.05, 4.69) is 25.1 Å². The number of hydrogen-bond donors (Lipinski definition) is 1. The molecule has 2 aliphatic carbocycles. The Balaban J connectivity index is 1.29. The molecule has 3 nitrogen and oxygen atoms in total. The molecule has 3 fully saturated rings. The number of nitrogens with zero attached hydrogens (tertiary/aromatic N) is 1. The third-order valence-electron chi connectivity index (χ3n) is 6.88. The highest BCUT2D eigenvalue weighted by Gasteiger charge is 2.53. The Kier molecular flexibility index (Phi) is 4.39. The highest BCUT2D eigenvalue weighted by Crippen LogP contribution is 2.53. The van der Waals surface area contributed by atoms with Crippen molar-refractivity contribution >= 4 is 5.91 Å². The Morgan fingerprint density at radius 1 is 1.32 bits per heavy atom. The van der Waals surface area contributed by atoms with Crippen LogP contribution in [0.15, 0.2) is 18.2 Å². The number of benzene rings is 1. The molecule has 0 aromatic heterocycles. The molecule has 1 aliphatic heterocycles. The zero-order chi connectivity index (χ0) is 17.6. The van der Waals surface area contributed by atoms with Gasteiger partial charge in [-0.15, -0.1) is 0 Å². The van der Waals surface area contributed by atoms with Crippen molar-refractivity contribution < 1.29 is 9.90 Å². The fourth-order valence-corrected chi connectivity index (χ4v) is 5.20. The van der Waals surface area contributed by atoms with Crippen LogP contribution in [-0.2, 0) is 11.2 Å². The maximum absolute atomic E-state index is 12.3. The molecule has 2 saturated carbocycles. The van der Waals surface area contributed by atoms with Gasteiger partial charge in [0.1, 0.15) is 0 Å². The van der Waals surface area contributed by atoms with Gasteiger partial charge in [-0.1, -0.05) is 25.1 Å². The minimum Gasteiger partial charge on any atom is -0.396 e. The van der Waals surface area contributed by atoms with Gasteiger partial charge in [0.2, 0.25) is 5.91 Å². The lowest BCUT2D eigenvalue weighted by molar-refractivity contribution is -0.160. The number of carbonyl (C=O) groups is 1. The summed E-state index contributed by atoms with van der Waals surface area (Å²) in [7, 11) is 0. The van der Waals surface area contributed by atoms with Crippen LogP contribution in [0.4, 0.5) is 0 Å². The van der Waals surface area contributed by atoms with E-state index in [4.69, 9.17) is 0 Å². The summed E-state index contributed by atoms with van der Waals surface area (Å²) in [5, 5.41) is 9.32. The molecule has 1 aromatic carbocycles. The van der Waals surface area contributed by atoms with Crippen molar-refractivity contribution in [3.8, 4) is 0 Å². The SMILES string of the molecule is CC[C@H](CO)C(=O)N1CC2(CC(Cc3cccc(C4CC4)c3C)C2)C1. The van der Waals surface area contributed by atoms with Crippen molar-refractivity contribution in [1.82, 2.24) is 4.90 Å². The van der Waals surface area contributed by atoms with Crippen molar-refractivity contribution in [1.29, 1.82) is 0 Å². The van der Waals surface area contributed by atoms with Gasteiger partial charge in [0.05, 0.1) is 12.5 Å². The van der Waals surface area contributed by atoms with Crippen LogP contribution in [-0.4, -0.2) is 35.6 Å². The van der Waals surface area contributed by atoms with Gasteiger partial charge in [-0.3, -0.25) is 4.79 Å². The molecule has 25 heavy (non-hydrogen) atoms. The first-order valence-electron chi connectivity index (χ1n) is 10.0. The predicted octanol–water partition coefficient (Wildman–Crippen LogP) is 3.67. The van der Waals surface area contributed by atoms with E-state index < -0.39 is 0 Å². The first-order valence-corrected chi connectivity index (χ1v) is 10.0. The molecule has 136 valence electrons. The van der Waals surface area contributed by atoms with Gasteiger partial charge in [-0.05, 0) is 74.0 Å². The van der Waals surface area contributed by atoms with E-state index in [0.29, 0.717) is 5.41 Å². The fraction of sp³-hybridized carbons (Fsp3) is 0.682. The Morgan fingerprint density at radius 2 is 2.04 bits per heavy atom. The number of amides is 1. The molecule has 1 aromatic rings. The van der Waals surface area contributed by atoms with Gasteiger partial charge in [0.15, 0.2) is 0 Å². The molecule has 1 saturated heterocycles. The van der Waals surface area contributed by atoms with Gasteiger partial charge in [-0.25, -0.2) is 0 Å². The molecule has 4 rings (SSSR count). The van der Waals surface area contributed by atoms with E-state index in [9.17, 15) is 9.90 Å². The minimum atomic E-state index is -0.193. The van der Waals surface area contributed by atoms with Crippen LogP contribution in [0, 0.1) is 24.2 Å². The van der Waals surface area contributed by atoms with E-state index in [1.807, 2.05) is 11.8 Å². The lowest BCUT2D eigenvalue weighted by atomic mass is 9.56. The molecule has 3 heteroatoms. The summed E-state index contributed by atoms with van der Waals surface area (Å²) < 4.78 is 0. The summed E-state index contributed by atoms with van der Waals surface area (Å²) in [5.74, 6) is 1.58. The third-order valence-corrected chi connectivity index (χ3v) is 6.88. The second kappa shape index (κ2) is 6.42. The van der Waals surface area contributed by atoms with Crippen LogP contribution >= 0.6 is 0 Å². The summed E-state index contributed by atoms with van der Waals surface area (Å²) >= 11 is 0. The van der Waals surface area contributed by atoms with E-state index in [1.165, 1.54) is 37.7 Å². The smallest absolute Gasteiger partial charge is 0.228 e. The first kappa shape index (κ1) is 17.1. The van der Waals surface area contributed by atoms with E-state index in [-0.39, 0.29) is 18.4 Å². The van der Waals surface area contributed by atoms with E-state index >= 15 is 0 Å². The average molecular weight is 341 g/mol. The molecule has 0 radical (unpaired) electrons. The van der Waals surface area contributed by atoms with Crippen molar-refractivity contribution in [3.05, 3.63) is 34.9 Å². The topological polar surface area (TPSA) is 40.5 Å². The molecule has 0 bridgehead atoms. The van der Waals surface area contributed by atoms with Crippen LogP contribution in [0.25, 0.3) is 0 Å². The molecule has 1 amide bonds. The summed E-state index contributed by atoms with van der Waals surface area (Å²) in [6.45, 7) is 6.10. The monoisotopic (exact) mass is 341 g/mol. The van der Waals surface area contributed by atoms with Crippen molar-refractivity contribution in [3.63, 3.8) is 0 Å². The van der Waals surface area contributed by atoms with Crippen LogP contribution in [0.2, 0.25) is 0 Å². The van der Waals surface area contributed by atoms with Gasteiger partial charge < -0.3 is 10.0 Å². The molecule has 3 aliphatic rings. The lowest BCUT2D eigenvalue weighted by Gasteiger charge is -2.59. The summed E-state index contributed by atoms with van der Waals surface area (Å²) in [6.07, 6.45) is 7.20. The van der Waals surface area contributed by atoms with Gasteiger partial charge in [0, 0.05) is 18.5 Å². The number of aliphatic hydroxyl groups is 1. The number of hydrogen-bond acceptors (Lipinski definition) is 2. The maximum atomic E-state index is 12.3. The molecule has 1 spiro atoms. The zero-order valence-corrected chi connectivity index (χ0v) is 15.6. The van der Waals surface area contributed by atoms with Crippen molar-refractivity contribution in [2.75, 3.05) is 19.7 Å². The van der Waals surface area contributed by atoms with Crippen LogP contribution in [0.5, 0.6) is 0 Å². The van der Waals surface area contributed by atoms with E-state index in [0.717, 1.165) is 31.3 Å². The standard InChI is InChI=1S/C22H31NO2/c1-3-17(12-24)21(25)23-13-22(14-23)10-16(11-22)9-19-5-4-6-20(15(19)2)18-7-8-18/h4-6,16-18,24H,3,7-14H2,1-2H3/t17-/m1/s1. The van der Waals surface area contributed by atoms with Gasteiger partial charge in [-0.2, -0.15) is 0 Å². The molecular weight excluding hydrogens is 310 g/mol. The first-order chi connectivity index (χ1) is 12.0. The normalized spacial score (nSPS) is 23.2. The number of likely N-dealkylation sites (tertiary alicyclic amines) is 1. The molecule has 0 unspecified atom stereocenters. The molecule has 1 atom stereocenters.